The summed E-state index contributed by atoms with van der Waals surface area (Å²) in [6.07, 6.45) is 0. The molecule has 2 rings (SSSR count). The van der Waals surface area contributed by atoms with Gasteiger partial charge in [-0.3, -0.25) is 0 Å². The van der Waals surface area contributed by atoms with Crippen molar-refractivity contribution in [2.24, 2.45) is 0 Å². The molecule has 1 aromatic carbocycles. The van der Waals surface area contributed by atoms with E-state index in [1.54, 1.807) is 17.4 Å². The molecule has 0 aliphatic carbocycles. The number of hydrogen-bond donors (Lipinski definition) is 1. The number of nitrogens with one attached hydrogen (secondary N) is 1. The molecule has 0 aliphatic rings. The van der Waals surface area contributed by atoms with E-state index >= 15 is 0 Å². The second kappa shape index (κ2) is 4.77. The standard InChI is InChI=1S/C12H9FN2S/c13-11-3-10(6-14)4-12(5-11)15-7-9-1-2-16-8-9/h1-5,8,15H,7H2. The van der Waals surface area contributed by atoms with Crippen LogP contribution in [0.4, 0.5) is 10.1 Å². The summed E-state index contributed by atoms with van der Waals surface area (Å²) < 4.78 is 13.1. The fourth-order valence-electron chi connectivity index (χ4n) is 1.35. The molecule has 0 radical (unpaired) electrons. The van der Waals surface area contributed by atoms with Gasteiger partial charge in [0, 0.05) is 12.2 Å². The van der Waals surface area contributed by atoms with E-state index in [1.165, 1.54) is 12.1 Å². The highest BCUT2D eigenvalue weighted by Crippen LogP contribution is 2.15. The lowest BCUT2D eigenvalue weighted by molar-refractivity contribution is 0.627. The molecule has 1 N–H and O–H groups in total. The maximum atomic E-state index is 13.1. The predicted octanol–water partition coefficient (Wildman–Crippen LogP) is 3.37. The van der Waals surface area contributed by atoms with Crippen LogP contribution in [0.1, 0.15) is 11.1 Å². The van der Waals surface area contributed by atoms with Gasteiger partial charge in [-0.1, -0.05) is 0 Å². The average molecular weight is 232 g/mol. The van der Waals surface area contributed by atoms with Crippen molar-refractivity contribution in [3.8, 4) is 6.07 Å². The van der Waals surface area contributed by atoms with Gasteiger partial charge >= 0.3 is 0 Å². The van der Waals surface area contributed by atoms with Gasteiger partial charge in [0.2, 0.25) is 0 Å². The SMILES string of the molecule is N#Cc1cc(F)cc(NCc2ccsc2)c1. The summed E-state index contributed by atoms with van der Waals surface area (Å²) >= 11 is 1.62. The molecule has 2 aromatic rings. The van der Waals surface area contributed by atoms with E-state index in [0.717, 1.165) is 5.56 Å². The van der Waals surface area contributed by atoms with Crippen molar-refractivity contribution >= 4 is 17.0 Å². The summed E-state index contributed by atoms with van der Waals surface area (Å²) in [4.78, 5) is 0. The van der Waals surface area contributed by atoms with Gasteiger partial charge in [0.25, 0.3) is 0 Å². The number of benzene rings is 1. The van der Waals surface area contributed by atoms with Gasteiger partial charge in [-0.25, -0.2) is 4.39 Å². The van der Waals surface area contributed by atoms with Crippen molar-refractivity contribution in [3.05, 3.63) is 52.0 Å². The van der Waals surface area contributed by atoms with Crippen LogP contribution in [-0.4, -0.2) is 0 Å². The number of nitrogens with zero attached hydrogens (tertiary/aromatic N) is 1. The molecule has 0 amide bonds. The topological polar surface area (TPSA) is 35.8 Å². The molecule has 1 heterocycles. The van der Waals surface area contributed by atoms with Crippen molar-refractivity contribution in [1.29, 1.82) is 5.26 Å². The zero-order valence-corrected chi connectivity index (χ0v) is 9.22. The van der Waals surface area contributed by atoms with E-state index in [-0.39, 0.29) is 0 Å². The highest BCUT2D eigenvalue weighted by molar-refractivity contribution is 7.07. The lowest BCUT2D eigenvalue weighted by atomic mass is 10.2. The Morgan fingerprint density at radius 3 is 2.94 bits per heavy atom. The molecule has 16 heavy (non-hydrogen) atoms. The molecule has 0 atom stereocenters. The van der Waals surface area contributed by atoms with Crippen molar-refractivity contribution in [2.75, 3.05) is 5.32 Å². The van der Waals surface area contributed by atoms with Crippen LogP contribution in [0, 0.1) is 17.1 Å². The summed E-state index contributed by atoms with van der Waals surface area (Å²) in [6, 6.07) is 8.16. The van der Waals surface area contributed by atoms with Crippen LogP contribution in [0.5, 0.6) is 0 Å². The Bertz CT molecular complexity index is 514. The Hall–Kier alpha value is -1.86. The summed E-state index contributed by atoms with van der Waals surface area (Å²) in [7, 11) is 0. The normalized spacial score (nSPS) is 9.75. The molecule has 0 saturated heterocycles. The van der Waals surface area contributed by atoms with Crippen LogP contribution in [-0.2, 0) is 6.54 Å². The van der Waals surface area contributed by atoms with Crippen LogP contribution in [0.3, 0.4) is 0 Å². The fraction of sp³-hybridized carbons (Fsp3) is 0.0833. The molecule has 80 valence electrons. The van der Waals surface area contributed by atoms with Gasteiger partial charge in [0.05, 0.1) is 11.6 Å². The highest BCUT2D eigenvalue weighted by atomic mass is 32.1. The molecule has 1 aromatic heterocycles. The molecule has 0 spiro atoms. The van der Waals surface area contributed by atoms with Crippen LogP contribution in [0.2, 0.25) is 0 Å². The number of rotatable bonds is 3. The molecule has 4 heteroatoms. The third-order valence-corrected chi connectivity index (χ3v) is 2.84. The first-order valence-electron chi connectivity index (χ1n) is 4.73. The summed E-state index contributed by atoms with van der Waals surface area (Å²) in [5.74, 6) is -0.396. The maximum Gasteiger partial charge on any atom is 0.126 e. The number of nitriles is 1. The zero-order valence-electron chi connectivity index (χ0n) is 8.40. The Balaban J connectivity index is 2.10. The molecule has 0 fully saturated rings. The summed E-state index contributed by atoms with van der Waals surface area (Å²) in [6.45, 7) is 0.637. The minimum absolute atomic E-state index is 0.327. The van der Waals surface area contributed by atoms with Crippen LogP contribution >= 0.6 is 11.3 Å². The van der Waals surface area contributed by atoms with Crippen molar-refractivity contribution < 1.29 is 4.39 Å². The van der Waals surface area contributed by atoms with E-state index in [0.29, 0.717) is 17.8 Å². The van der Waals surface area contributed by atoms with E-state index in [1.807, 2.05) is 22.9 Å². The van der Waals surface area contributed by atoms with Crippen LogP contribution < -0.4 is 5.32 Å². The number of halogens is 1. The van der Waals surface area contributed by atoms with E-state index in [9.17, 15) is 4.39 Å². The Morgan fingerprint density at radius 1 is 1.38 bits per heavy atom. The van der Waals surface area contributed by atoms with Gasteiger partial charge in [-0.15, -0.1) is 0 Å². The van der Waals surface area contributed by atoms with Gasteiger partial charge < -0.3 is 5.32 Å². The molecular formula is C12H9FN2S. The van der Waals surface area contributed by atoms with E-state index in [4.69, 9.17) is 5.26 Å². The summed E-state index contributed by atoms with van der Waals surface area (Å²) in [5.41, 5.74) is 2.10. The number of hydrogen-bond acceptors (Lipinski definition) is 3. The second-order valence-electron chi connectivity index (χ2n) is 3.33. The lowest BCUT2D eigenvalue weighted by Gasteiger charge is -2.05. The highest BCUT2D eigenvalue weighted by Gasteiger charge is 2.00. The van der Waals surface area contributed by atoms with Crippen molar-refractivity contribution in [3.63, 3.8) is 0 Å². The van der Waals surface area contributed by atoms with Gasteiger partial charge in [-0.05, 0) is 40.6 Å². The predicted molar refractivity (Wildman–Crippen MR) is 62.8 cm³/mol. The molecule has 0 aliphatic heterocycles. The van der Waals surface area contributed by atoms with Gasteiger partial charge in [-0.2, -0.15) is 16.6 Å². The van der Waals surface area contributed by atoms with E-state index < -0.39 is 5.82 Å². The molecular weight excluding hydrogens is 223 g/mol. The van der Waals surface area contributed by atoms with Crippen LogP contribution in [0.25, 0.3) is 0 Å². The Labute approximate surface area is 97.0 Å². The monoisotopic (exact) mass is 232 g/mol. The third kappa shape index (κ3) is 2.59. The molecule has 0 bridgehead atoms. The number of thiophene rings is 1. The van der Waals surface area contributed by atoms with E-state index in [2.05, 4.69) is 5.32 Å². The first kappa shape index (κ1) is 10.7. The minimum atomic E-state index is -0.396. The summed E-state index contributed by atoms with van der Waals surface area (Å²) in [5, 5.41) is 15.8. The minimum Gasteiger partial charge on any atom is -0.381 e. The zero-order chi connectivity index (χ0) is 11.4. The first-order valence-corrected chi connectivity index (χ1v) is 5.68. The lowest BCUT2D eigenvalue weighted by Crippen LogP contribution is -1.98. The van der Waals surface area contributed by atoms with Gasteiger partial charge in [0.1, 0.15) is 5.82 Å². The first-order chi connectivity index (χ1) is 7.78. The quantitative estimate of drug-likeness (QED) is 0.880. The number of anilines is 1. The molecule has 0 unspecified atom stereocenters. The second-order valence-corrected chi connectivity index (χ2v) is 4.11. The van der Waals surface area contributed by atoms with Crippen LogP contribution in [0.15, 0.2) is 35.0 Å². The largest absolute Gasteiger partial charge is 0.381 e. The smallest absolute Gasteiger partial charge is 0.126 e. The average Bonchev–Trinajstić information content (AvgIpc) is 2.78. The maximum absolute atomic E-state index is 13.1. The van der Waals surface area contributed by atoms with Crippen molar-refractivity contribution in [1.82, 2.24) is 0 Å². The Morgan fingerprint density at radius 2 is 2.25 bits per heavy atom. The molecule has 0 saturated carbocycles. The van der Waals surface area contributed by atoms with Gasteiger partial charge in [0.15, 0.2) is 0 Å². The third-order valence-electron chi connectivity index (χ3n) is 2.10. The Kier molecular flexibility index (Phi) is 3.18. The molecule has 2 nitrogen and oxygen atoms in total. The fourth-order valence-corrected chi connectivity index (χ4v) is 2.02. The van der Waals surface area contributed by atoms with Crippen molar-refractivity contribution in [2.45, 2.75) is 6.54 Å².